The van der Waals surface area contributed by atoms with Crippen LogP contribution in [-0.4, -0.2) is 18.0 Å². The van der Waals surface area contributed by atoms with Crippen LogP contribution in [0.1, 0.15) is 59.8 Å². The van der Waals surface area contributed by atoms with Gasteiger partial charge in [-0.25, -0.2) is 9.78 Å². The van der Waals surface area contributed by atoms with Crippen molar-refractivity contribution in [2.45, 2.75) is 77.8 Å². The standard InChI is InChI=1S/C12H24O4/c1-5-7-8-10(11-14-15-11)13-16-12(3,4)9-6-2/h10-11H,5-9H2,1-4H3. The topological polar surface area (TPSA) is 43.5 Å². The lowest BCUT2D eigenvalue weighted by Gasteiger charge is -2.25. The van der Waals surface area contributed by atoms with Gasteiger partial charge in [0.1, 0.15) is 6.10 Å². The zero-order chi connectivity index (χ0) is 12.0. The maximum Gasteiger partial charge on any atom is 0.253 e. The first-order chi connectivity index (χ1) is 7.59. The van der Waals surface area contributed by atoms with Crippen LogP contribution in [0.4, 0.5) is 0 Å². The average molecular weight is 232 g/mol. The van der Waals surface area contributed by atoms with Gasteiger partial charge in [0.25, 0.3) is 6.29 Å². The summed E-state index contributed by atoms with van der Waals surface area (Å²) < 4.78 is 0. The lowest BCUT2D eigenvalue weighted by molar-refractivity contribution is -0.382. The Morgan fingerprint density at radius 3 is 2.38 bits per heavy atom. The summed E-state index contributed by atoms with van der Waals surface area (Å²) in [4.78, 5) is 20.5. The van der Waals surface area contributed by atoms with Gasteiger partial charge in [-0.2, -0.15) is 9.78 Å². The van der Waals surface area contributed by atoms with E-state index in [2.05, 4.69) is 13.8 Å². The second kappa shape index (κ2) is 6.55. The largest absolute Gasteiger partial charge is 0.253 e. The smallest absolute Gasteiger partial charge is 0.230 e. The molecule has 1 saturated heterocycles. The summed E-state index contributed by atoms with van der Waals surface area (Å²) in [5.74, 6) is 0. The third kappa shape index (κ3) is 5.25. The van der Waals surface area contributed by atoms with Crippen molar-refractivity contribution < 1.29 is 19.6 Å². The number of hydrogen-bond acceptors (Lipinski definition) is 4. The number of hydrogen-bond donors (Lipinski definition) is 0. The van der Waals surface area contributed by atoms with Crippen LogP contribution in [0.2, 0.25) is 0 Å². The molecule has 1 rings (SSSR count). The van der Waals surface area contributed by atoms with Gasteiger partial charge >= 0.3 is 0 Å². The molecule has 1 unspecified atom stereocenters. The van der Waals surface area contributed by atoms with Crippen molar-refractivity contribution in [3.63, 3.8) is 0 Å². The van der Waals surface area contributed by atoms with Gasteiger partial charge in [-0.15, -0.1) is 0 Å². The van der Waals surface area contributed by atoms with Gasteiger partial charge in [0.05, 0.1) is 5.60 Å². The Balaban J connectivity index is 2.25. The molecule has 1 heterocycles. The fourth-order valence-corrected chi connectivity index (χ4v) is 1.63. The van der Waals surface area contributed by atoms with Gasteiger partial charge in [-0.05, 0) is 26.7 Å². The van der Waals surface area contributed by atoms with Gasteiger partial charge in [0, 0.05) is 0 Å². The third-order valence-corrected chi connectivity index (χ3v) is 2.60. The van der Waals surface area contributed by atoms with Crippen molar-refractivity contribution in [3.05, 3.63) is 0 Å². The van der Waals surface area contributed by atoms with Crippen LogP contribution in [-0.2, 0) is 19.6 Å². The minimum atomic E-state index is -0.242. The van der Waals surface area contributed by atoms with E-state index in [1.165, 1.54) is 0 Å². The van der Waals surface area contributed by atoms with Gasteiger partial charge < -0.3 is 0 Å². The van der Waals surface area contributed by atoms with E-state index in [0.717, 1.165) is 32.1 Å². The van der Waals surface area contributed by atoms with Gasteiger partial charge in [0.2, 0.25) is 0 Å². The van der Waals surface area contributed by atoms with Crippen molar-refractivity contribution in [1.29, 1.82) is 0 Å². The van der Waals surface area contributed by atoms with E-state index in [9.17, 15) is 0 Å². The maximum atomic E-state index is 5.47. The molecule has 1 fully saturated rings. The van der Waals surface area contributed by atoms with E-state index in [1.807, 2.05) is 13.8 Å². The minimum Gasteiger partial charge on any atom is -0.230 e. The molecule has 16 heavy (non-hydrogen) atoms. The van der Waals surface area contributed by atoms with E-state index >= 15 is 0 Å². The van der Waals surface area contributed by atoms with Crippen LogP contribution < -0.4 is 0 Å². The number of unbranched alkanes of at least 4 members (excludes halogenated alkanes) is 1. The Morgan fingerprint density at radius 2 is 1.88 bits per heavy atom. The molecule has 4 nitrogen and oxygen atoms in total. The predicted octanol–water partition coefficient (Wildman–Crippen LogP) is 3.36. The van der Waals surface area contributed by atoms with Crippen molar-refractivity contribution in [2.24, 2.45) is 0 Å². The lowest BCUT2D eigenvalue weighted by atomic mass is 10.0. The molecular weight excluding hydrogens is 208 g/mol. The molecule has 0 saturated carbocycles. The van der Waals surface area contributed by atoms with E-state index in [1.54, 1.807) is 0 Å². The fraction of sp³-hybridized carbons (Fsp3) is 1.00. The molecule has 4 heteroatoms. The van der Waals surface area contributed by atoms with Crippen LogP contribution in [0, 0.1) is 0 Å². The molecule has 0 bridgehead atoms. The van der Waals surface area contributed by atoms with Crippen LogP contribution in [0.15, 0.2) is 0 Å². The Hall–Kier alpha value is -0.160. The van der Waals surface area contributed by atoms with Crippen molar-refractivity contribution in [2.75, 3.05) is 0 Å². The third-order valence-electron chi connectivity index (χ3n) is 2.60. The van der Waals surface area contributed by atoms with E-state index in [4.69, 9.17) is 19.6 Å². The highest BCUT2D eigenvalue weighted by molar-refractivity contribution is 4.67. The summed E-state index contributed by atoms with van der Waals surface area (Å²) in [6.45, 7) is 8.34. The lowest BCUT2D eigenvalue weighted by Crippen LogP contribution is -2.29. The Morgan fingerprint density at radius 1 is 1.19 bits per heavy atom. The summed E-state index contributed by atoms with van der Waals surface area (Å²) in [5, 5.41) is 0. The molecule has 1 aliphatic heterocycles. The number of rotatable bonds is 9. The fourth-order valence-electron chi connectivity index (χ4n) is 1.63. The molecule has 1 atom stereocenters. The van der Waals surface area contributed by atoms with E-state index < -0.39 is 0 Å². The molecule has 0 radical (unpaired) electrons. The molecule has 0 aromatic rings. The summed E-state index contributed by atoms with van der Waals surface area (Å²) in [6, 6.07) is 0. The van der Waals surface area contributed by atoms with E-state index in [-0.39, 0.29) is 18.0 Å². The molecule has 0 spiro atoms. The molecule has 0 aromatic carbocycles. The second-order valence-electron chi connectivity index (χ2n) is 4.93. The van der Waals surface area contributed by atoms with E-state index in [0.29, 0.717) is 0 Å². The second-order valence-corrected chi connectivity index (χ2v) is 4.93. The van der Waals surface area contributed by atoms with Gasteiger partial charge in [-0.1, -0.05) is 33.1 Å². The monoisotopic (exact) mass is 232 g/mol. The summed E-state index contributed by atoms with van der Waals surface area (Å²) in [6.07, 6.45) is 4.84. The zero-order valence-electron chi connectivity index (χ0n) is 10.8. The molecule has 1 aliphatic rings. The molecule has 0 amide bonds. The highest BCUT2D eigenvalue weighted by Crippen LogP contribution is 2.26. The Labute approximate surface area is 98.1 Å². The summed E-state index contributed by atoms with van der Waals surface area (Å²) >= 11 is 0. The first-order valence-corrected chi connectivity index (χ1v) is 6.25. The SMILES string of the molecule is CCCCC(OOC(C)(C)CCC)C1OO1. The van der Waals surface area contributed by atoms with Gasteiger partial charge in [-0.3, -0.25) is 0 Å². The van der Waals surface area contributed by atoms with Crippen LogP contribution in [0.5, 0.6) is 0 Å². The van der Waals surface area contributed by atoms with Crippen molar-refractivity contribution in [1.82, 2.24) is 0 Å². The molecule has 0 aromatic heterocycles. The van der Waals surface area contributed by atoms with Crippen LogP contribution in [0.25, 0.3) is 0 Å². The normalized spacial score (nSPS) is 18.8. The highest BCUT2D eigenvalue weighted by Gasteiger charge is 2.38. The first kappa shape index (κ1) is 13.9. The average Bonchev–Trinajstić information content (AvgIpc) is 3.01. The predicted molar refractivity (Wildman–Crippen MR) is 60.4 cm³/mol. The minimum absolute atomic E-state index is 0.101. The van der Waals surface area contributed by atoms with Gasteiger partial charge in [0.15, 0.2) is 0 Å². The summed E-state index contributed by atoms with van der Waals surface area (Å²) in [7, 11) is 0. The van der Waals surface area contributed by atoms with Crippen LogP contribution >= 0.6 is 0 Å². The summed E-state index contributed by atoms with van der Waals surface area (Å²) in [5.41, 5.74) is -0.242. The Bertz CT molecular complexity index is 189. The maximum absolute atomic E-state index is 5.47. The first-order valence-electron chi connectivity index (χ1n) is 6.25. The molecular formula is C12H24O4. The van der Waals surface area contributed by atoms with Crippen molar-refractivity contribution >= 4 is 0 Å². The Kier molecular flexibility index (Phi) is 5.69. The molecule has 96 valence electrons. The van der Waals surface area contributed by atoms with Crippen LogP contribution in [0.3, 0.4) is 0 Å². The molecule has 0 N–H and O–H groups in total. The zero-order valence-corrected chi connectivity index (χ0v) is 10.8. The highest BCUT2D eigenvalue weighted by atomic mass is 17.4. The van der Waals surface area contributed by atoms with Crippen molar-refractivity contribution in [3.8, 4) is 0 Å². The quantitative estimate of drug-likeness (QED) is 0.347. The molecule has 0 aliphatic carbocycles.